The van der Waals surface area contributed by atoms with Crippen molar-refractivity contribution < 1.29 is 8.91 Å². The third-order valence-corrected chi connectivity index (χ3v) is 2.57. The summed E-state index contributed by atoms with van der Waals surface area (Å²) < 4.78 is 18.8. The molecular formula is C13H15FN2O. The highest BCUT2D eigenvalue weighted by Gasteiger charge is 2.27. The molecule has 2 aromatic rings. The smallest absolute Gasteiger partial charge is 0.230 e. The second-order valence-electron chi connectivity index (χ2n) is 5.00. The lowest BCUT2D eigenvalue weighted by molar-refractivity contribution is 0.405. The largest absolute Gasteiger partial charge is 0.367 e. The van der Waals surface area contributed by atoms with E-state index in [2.05, 4.69) is 5.16 Å². The second kappa shape index (κ2) is 3.87. The first kappa shape index (κ1) is 11.6. The molecule has 0 radical (unpaired) electrons. The number of nitrogens with zero attached hydrogens (tertiary/aromatic N) is 1. The standard InChI is InChI=1S/C13H15FN2O/c1-13(2,3)11-10(12(15)17-16-11)8-6-4-5-7-9(8)14/h4-7H,15H2,1-3H3. The Morgan fingerprint density at radius 3 is 2.47 bits per heavy atom. The van der Waals surface area contributed by atoms with Gasteiger partial charge >= 0.3 is 0 Å². The van der Waals surface area contributed by atoms with Crippen molar-refractivity contribution >= 4 is 5.88 Å². The van der Waals surface area contributed by atoms with E-state index in [9.17, 15) is 4.39 Å². The molecule has 1 aromatic heterocycles. The van der Waals surface area contributed by atoms with Crippen LogP contribution in [0.3, 0.4) is 0 Å². The fraction of sp³-hybridized carbons (Fsp3) is 0.308. The molecule has 0 unspecified atom stereocenters. The lowest BCUT2D eigenvalue weighted by Gasteiger charge is -2.16. The maximum Gasteiger partial charge on any atom is 0.230 e. The van der Waals surface area contributed by atoms with Gasteiger partial charge in [0.1, 0.15) is 5.82 Å². The number of nitrogen functional groups attached to an aromatic ring is 1. The number of benzene rings is 1. The first-order valence-electron chi connectivity index (χ1n) is 5.42. The fourth-order valence-electron chi connectivity index (χ4n) is 1.74. The molecule has 1 heterocycles. The predicted octanol–water partition coefficient (Wildman–Crippen LogP) is 3.36. The predicted molar refractivity (Wildman–Crippen MR) is 65.0 cm³/mol. The molecule has 90 valence electrons. The molecule has 4 heteroatoms. The molecule has 0 saturated carbocycles. The Labute approximate surface area is 99.4 Å². The van der Waals surface area contributed by atoms with Gasteiger partial charge < -0.3 is 10.3 Å². The zero-order chi connectivity index (χ0) is 12.6. The van der Waals surface area contributed by atoms with E-state index in [0.29, 0.717) is 16.8 Å². The van der Waals surface area contributed by atoms with Crippen LogP contribution in [-0.4, -0.2) is 5.16 Å². The minimum absolute atomic E-state index is 0.153. The zero-order valence-corrected chi connectivity index (χ0v) is 10.1. The Morgan fingerprint density at radius 2 is 1.88 bits per heavy atom. The van der Waals surface area contributed by atoms with E-state index in [1.807, 2.05) is 20.8 Å². The maximum atomic E-state index is 13.8. The summed E-state index contributed by atoms with van der Waals surface area (Å²) in [7, 11) is 0. The lowest BCUT2D eigenvalue weighted by Crippen LogP contribution is -2.13. The van der Waals surface area contributed by atoms with E-state index in [-0.39, 0.29) is 17.1 Å². The van der Waals surface area contributed by atoms with Gasteiger partial charge in [0.15, 0.2) is 0 Å². The third-order valence-electron chi connectivity index (χ3n) is 2.57. The summed E-state index contributed by atoms with van der Waals surface area (Å²) in [6, 6.07) is 6.47. The third kappa shape index (κ3) is 2.02. The average Bonchev–Trinajstić information content (AvgIpc) is 2.60. The summed E-state index contributed by atoms with van der Waals surface area (Å²) in [5, 5.41) is 3.94. The molecule has 0 aliphatic heterocycles. The van der Waals surface area contributed by atoms with Crippen LogP contribution < -0.4 is 5.73 Å². The molecule has 2 N–H and O–H groups in total. The highest BCUT2D eigenvalue weighted by atomic mass is 19.1. The summed E-state index contributed by atoms with van der Waals surface area (Å²) in [6.07, 6.45) is 0. The molecule has 17 heavy (non-hydrogen) atoms. The normalized spacial score (nSPS) is 11.8. The first-order valence-corrected chi connectivity index (χ1v) is 5.42. The van der Waals surface area contributed by atoms with Gasteiger partial charge in [-0.3, -0.25) is 0 Å². The maximum absolute atomic E-state index is 13.8. The van der Waals surface area contributed by atoms with Gasteiger partial charge in [-0.1, -0.05) is 44.1 Å². The van der Waals surface area contributed by atoms with E-state index >= 15 is 0 Å². The molecule has 0 atom stereocenters. The van der Waals surface area contributed by atoms with Crippen LogP contribution in [0.4, 0.5) is 10.3 Å². The van der Waals surface area contributed by atoms with Crippen LogP contribution >= 0.6 is 0 Å². The molecule has 0 amide bonds. The molecule has 0 bridgehead atoms. The molecule has 0 spiro atoms. The Balaban J connectivity index is 2.68. The van der Waals surface area contributed by atoms with Gasteiger partial charge in [0, 0.05) is 11.0 Å². The van der Waals surface area contributed by atoms with Crippen molar-refractivity contribution in [2.24, 2.45) is 0 Å². The van der Waals surface area contributed by atoms with Crippen molar-refractivity contribution in [3.8, 4) is 11.1 Å². The Morgan fingerprint density at radius 1 is 1.24 bits per heavy atom. The van der Waals surface area contributed by atoms with E-state index in [1.54, 1.807) is 18.2 Å². The van der Waals surface area contributed by atoms with Crippen LogP contribution in [0.5, 0.6) is 0 Å². The topological polar surface area (TPSA) is 52.0 Å². The Hall–Kier alpha value is -1.84. The Kier molecular flexibility index (Phi) is 2.65. The molecule has 0 saturated heterocycles. The molecule has 3 nitrogen and oxygen atoms in total. The van der Waals surface area contributed by atoms with Gasteiger partial charge in [0.2, 0.25) is 5.88 Å². The lowest BCUT2D eigenvalue weighted by atomic mass is 9.87. The second-order valence-corrected chi connectivity index (χ2v) is 5.00. The van der Waals surface area contributed by atoms with Gasteiger partial charge in [-0.05, 0) is 6.07 Å². The minimum Gasteiger partial charge on any atom is -0.367 e. The average molecular weight is 234 g/mol. The van der Waals surface area contributed by atoms with E-state index in [4.69, 9.17) is 10.3 Å². The van der Waals surface area contributed by atoms with Gasteiger partial charge in [-0.15, -0.1) is 0 Å². The van der Waals surface area contributed by atoms with E-state index in [0.717, 1.165) is 0 Å². The zero-order valence-electron chi connectivity index (χ0n) is 10.1. The first-order chi connectivity index (χ1) is 7.91. The molecule has 0 aliphatic rings. The number of rotatable bonds is 1. The van der Waals surface area contributed by atoms with Crippen molar-refractivity contribution in [2.75, 3.05) is 5.73 Å². The molecule has 0 fully saturated rings. The van der Waals surface area contributed by atoms with Gasteiger partial charge in [-0.25, -0.2) is 4.39 Å². The fourth-order valence-corrected chi connectivity index (χ4v) is 1.74. The Bertz CT molecular complexity index is 541. The van der Waals surface area contributed by atoms with Crippen LogP contribution in [0.25, 0.3) is 11.1 Å². The monoisotopic (exact) mass is 234 g/mol. The van der Waals surface area contributed by atoms with Crippen molar-refractivity contribution in [3.05, 3.63) is 35.8 Å². The van der Waals surface area contributed by atoms with Crippen molar-refractivity contribution in [3.63, 3.8) is 0 Å². The number of hydrogen-bond donors (Lipinski definition) is 1. The number of hydrogen-bond acceptors (Lipinski definition) is 3. The quantitative estimate of drug-likeness (QED) is 0.823. The van der Waals surface area contributed by atoms with Gasteiger partial charge in [-0.2, -0.15) is 0 Å². The van der Waals surface area contributed by atoms with Crippen LogP contribution in [0.2, 0.25) is 0 Å². The summed E-state index contributed by atoms with van der Waals surface area (Å²) in [5.41, 5.74) is 7.14. The molecule has 2 rings (SSSR count). The number of aromatic nitrogens is 1. The van der Waals surface area contributed by atoms with Gasteiger partial charge in [0.25, 0.3) is 0 Å². The van der Waals surface area contributed by atoms with Crippen molar-refractivity contribution in [1.82, 2.24) is 5.16 Å². The van der Waals surface area contributed by atoms with Crippen LogP contribution in [0.15, 0.2) is 28.8 Å². The van der Waals surface area contributed by atoms with Gasteiger partial charge in [0.05, 0.1) is 11.3 Å². The van der Waals surface area contributed by atoms with Crippen molar-refractivity contribution in [1.29, 1.82) is 0 Å². The molecular weight excluding hydrogens is 219 g/mol. The van der Waals surface area contributed by atoms with Crippen LogP contribution in [0, 0.1) is 5.82 Å². The SMILES string of the molecule is CC(C)(C)c1noc(N)c1-c1ccccc1F. The van der Waals surface area contributed by atoms with Crippen LogP contribution in [0.1, 0.15) is 26.5 Å². The minimum atomic E-state index is -0.326. The highest BCUT2D eigenvalue weighted by Crippen LogP contribution is 2.37. The van der Waals surface area contributed by atoms with Crippen LogP contribution in [-0.2, 0) is 5.41 Å². The summed E-state index contributed by atoms with van der Waals surface area (Å²) in [4.78, 5) is 0. The summed E-state index contributed by atoms with van der Waals surface area (Å²) in [6.45, 7) is 5.94. The number of anilines is 1. The number of halogens is 1. The van der Waals surface area contributed by atoms with Crippen molar-refractivity contribution in [2.45, 2.75) is 26.2 Å². The summed E-state index contributed by atoms with van der Waals surface area (Å²) >= 11 is 0. The summed E-state index contributed by atoms with van der Waals surface area (Å²) in [5.74, 6) is -0.173. The van der Waals surface area contributed by atoms with E-state index < -0.39 is 0 Å². The number of nitrogens with two attached hydrogens (primary N) is 1. The molecule has 0 aliphatic carbocycles. The highest BCUT2D eigenvalue weighted by molar-refractivity contribution is 5.76. The molecule has 1 aromatic carbocycles. The van der Waals surface area contributed by atoms with E-state index in [1.165, 1.54) is 6.07 Å².